The Morgan fingerprint density at radius 3 is 2.89 bits per heavy atom. The summed E-state index contributed by atoms with van der Waals surface area (Å²) in [5.41, 5.74) is 0. The van der Waals surface area contributed by atoms with Gasteiger partial charge in [0.2, 0.25) is 12.3 Å². The SMILES string of the molecule is CCCC[C@H](CN(C)C=O)C(=O)N1CCC[C@H]1C(=O)Nc1ccc(F)c[n+]1[O-]. The minimum Gasteiger partial charge on any atom is -0.711 e. The fraction of sp³-hybridized carbons (Fsp3) is 0.579. The van der Waals surface area contributed by atoms with Gasteiger partial charge < -0.3 is 15.0 Å². The molecule has 0 saturated carbocycles. The standard InChI is InChI=1S/C19H27FN4O4/c1-3-4-6-14(11-22(2)13-25)19(27)23-10-5-7-16(23)18(26)21-17-9-8-15(20)12-24(17)28/h8-9,12-14,16H,3-7,10-11H2,1-2H3,(H,21,26)/t14-,16+/m1/s1. The van der Waals surface area contributed by atoms with Crippen LogP contribution in [0.5, 0.6) is 0 Å². The Morgan fingerprint density at radius 2 is 2.25 bits per heavy atom. The van der Waals surface area contributed by atoms with E-state index in [1.807, 2.05) is 6.92 Å². The summed E-state index contributed by atoms with van der Waals surface area (Å²) in [5, 5.41) is 14.2. The number of carbonyl (C=O) groups is 3. The third-order valence-electron chi connectivity index (χ3n) is 4.91. The number of hydrogen-bond donors (Lipinski definition) is 1. The van der Waals surface area contributed by atoms with Gasteiger partial charge in [-0.3, -0.25) is 9.59 Å². The predicted molar refractivity (Wildman–Crippen MR) is 100 cm³/mol. The topological polar surface area (TPSA) is 96.7 Å². The van der Waals surface area contributed by atoms with Crippen molar-refractivity contribution >= 4 is 24.0 Å². The van der Waals surface area contributed by atoms with E-state index in [1.165, 1.54) is 15.9 Å². The van der Waals surface area contributed by atoms with Crippen LogP contribution < -0.4 is 10.0 Å². The van der Waals surface area contributed by atoms with Gasteiger partial charge in [0.05, 0.1) is 5.92 Å². The van der Waals surface area contributed by atoms with Crippen LogP contribution in [0.15, 0.2) is 18.3 Å². The van der Waals surface area contributed by atoms with E-state index in [0.29, 0.717) is 38.8 Å². The summed E-state index contributed by atoms with van der Waals surface area (Å²) in [6.07, 6.45) is 4.98. The molecule has 3 amide bonds. The van der Waals surface area contributed by atoms with E-state index in [2.05, 4.69) is 5.32 Å². The van der Waals surface area contributed by atoms with E-state index in [0.717, 1.165) is 25.1 Å². The fourth-order valence-electron chi connectivity index (χ4n) is 3.43. The molecule has 2 rings (SSSR count). The number of aromatic nitrogens is 1. The lowest BCUT2D eigenvalue weighted by molar-refractivity contribution is -0.591. The molecule has 0 aliphatic carbocycles. The second kappa shape index (κ2) is 10.0. The molecule has 2 heterocycles. The quantitative estimate of drug-likeness (QED) is 0.388. The lowest BCUT2D eigenvalue weighted by Gasteiger charge is -2.28. The average Bonchev–Trinajstić information content (AvgIpc) is 3.16. The molecular weight excluding hydrogens is 367 g/mol. The maximum Gasteiger partial charge on any atom is 0.330 e. The maximum absolute atomic E-state index is 13.1. The molecule has 154 valence electrons. The molecule has 1 saturated heterocycles. The smallest absolute Gasteiger partial charge is 0.330 e. The number of rotatable bonds is 9. The van der Waals surface area contributed by atoms with Gasteiger partial charge in [-0.25, -0.2) is 19.2 Å². The van der Waals surface area contributed by atoms with E-state index in [9.17, 15) is 24.0 Å². The summed E-state index contributed by atoms with van der Waals surface area (Å²) in [7, 11) is 1.62. The van der Waals surface area contributed by atoms with Crippen molar-refractivity contribution in [3.63, 3.8) is 0 Å². The van der Waals surface area contributed by atoms with Gasteiger partial charge in [0, 0.05) is 26.2 Å². The molecule has 1 fully saturated rings. The fourth-order valence-corrected chi connectivity index (χ4v) is 3.43. The van der Waals surface area contributed by atoms with Gasteiger partial charge in [0.15, 0.2) is 5.82 Å². The third kappa shape index (κ3) is 5.40. The maximum atomic E-state index is 13.1. The number of nitrogens with zero attached hydrogens (tertiary/aromatic N) is 3. The Balaban J connectivity index is 2.10. The Hall–Kier alpha value is -2.71. The molecule has 1 aromatic heterocycles. The van der Waals surface area contributed by atoms with Gasteiger partial charge in [-0.15, -0.1) is 0 Å². The van der Waals surface area contributed by atoms with Crippen LogP contribution >= 0.6 is 0 Å². The average molecular weight is 394 g/mol. The first-order valence-corrected chi connectivity index (χ1v) is 9.53. The molecule has 8 nitrogen and oxygen atoms in total. The van der Waals surface area contributed by atoms with Crippen molar-refractivity contribution in [3.8, 4) is 0 Å². The van der Waals surface area contributed by atoms with Crippen LogP contribution in [0.25, 0.3) is 0 Å². The van der Waals surface area contributed by atoms with Gasteiger partial charge in [-0.1, -0.05) is 19.8 Å². The minimum absolute atomic E-state index is 0.0890. The van der Waals surface area contributed by atoms with E-state index in [1.54, 1.807) is 7.05 Å². The third-order valence-corrected chi connectivity index (χ3v) is 4.91. The Labute approximate surface area is 163 Å². The Kier molecular flexibility index (Phi) is 7.71. The number of pyridine rings is 1. The van der Waals surface area contributed by atoms with E-state index in [-0.39, 0.29) is 22.4 Å². The van der Waals surface area contributed by atoms with Gasteiger partial charge in [-0.05, 0) is 25.3 Å². The molecule has 2 atom stereocenters. The summed E-state index contributed by atoms with van der Waals surface area (Å²) in [4.78, 5) is 39.7. The lowest BCUT2D eigenvalue weighted by Crippen LogP contribution is -2.48. The molecule has 0 unspecified atom stereocenters. The molecule has 0 bridgehead atoms. The monoisotopic (exact) mass is 394 g/mol. The minimum atomic E-state index is -0.705. The molecule has 0 aromatic carbocycles. The second-order valence-electron chi connectivity index (χ2n) is 7.12. The number of carbonyl (C=O) groups excluding carboxylic acids is 3. The van der Waals surface area contributed by atoms with E-state index >= 15 is 0 Å². The van der Waals surface area contributed by atoms with Crippen molar-refractivity contribution in [2.45, 2.75) is 45.1 Å². The lowest BCUT2D eigenvalue weighted by atomic mass is 9.99. The van der Waals surface area contributed by atoms with Gasteiger partial charge >= 0.3 is 5.91 Å². The highest BCUT2D eigenvalue weighted by molar-refractivity contribution is 5.96. The van der Waals surface area contributed by atoms with Gasteiger partial charge in [-0.2, -0.15) is 0 Å². The van der Waals surface area contributed by atoms with Crippen molar-refractivity contribution in [2.75, 3.05) is 25.5 Å². The molecule has 1 aliphatic rings. The number of amides is 3. The number of unbranched alkanes of at least 4 members (excludes halogenated alkanes) is 1. The molecule has 1 aromatic rings. The zero-order valence-corrected chi connectivity index (χ0v) is 16.3. The number of nitrogens with one attached hydrogen (secondary N) is 1. The van der Waals surface area contributed by atoms with Crippen LogP contribution in [0.1, 0.15) is 39.0 Å². The second-order valence-corrected chi connectivity index (χ2v) is 7.12. The molecule has 0 radical (unpaired) electrons. The van der Waals surface area contributed by atoms with Gasteiger partial charge in [0.1, 0.15) is 12.2 Å². The van der Waals surface area contributed by atoms with Crippen molar-refractivity contribution < 1.29 is 23.5 Å². The predicted octanol–water partition coefficient (Wildman–Crippen LogP) is 1.28. The highest BCUT2D eigenvalue weighted by Gasteiger charge is 2.39. The number of anilines is 1. The number of halogens is 1. The van der Waals surface area contributed by atoms with Crippen molar-refractivity contribution in [3.05, 3.63) is 29.4 Å². The highest BCUT2D eigenvalue weighted by atomic mass is 19.1. The molecular formula is C19H27FN4O4. The van der Waals surface area contributed by atoms with Crippen LogP contribution in [0.2, 0.25) is 0 Å². The first-order valence-electron chi connectivity index (χ1n) is 9.53. The van der Waals surface area contributed by atoms with Crippen molar-refractivity contribution in [1.82, 2.24) is 9.80 Å². The molecule has 9 heteroatoms. The molecule has 28 heavy (non-hydrogen) atoms. The Morgan fingerprint density at radius 1 is 1.50 bits per heavy atom. The van der Waals surface area contributed by atoms with Crippen LogP contribution in [0.3, 0.4) is 0 Å². The van der Waals surface area contributed by atoms with Crippen LogP contribution in [-0.2, 0) is 14.4 Å². The van der Waals surface area contributed by atoms with Crippen LogP contribution in [-0.4, -0.2) is 54.2 Å². The summed E-state index contributed by atoms with van der Waals surface area (Å²) >= 11 is 0. The molecule has 0 spiro atoms. The summed E-state index contributed by atoms with van der Waals surface area (Å²) < 4.78 is 13.3. The van der Waals surface area contributed by atoms with E-state index < -0.39 is 17.8 Å². The number of likely N-dealkylation sites (tertiary alicyclic amines) is 1. The summed E-state index contributed by atoms with van der Waals surface area (Å²) in [5.74, 6) is -1.80. The molecule has 1 N–H and O–H groups in total. The van der Waals surface area contributed by atoms with Gasteiger partial charge in [0.25, 0.3) is 5.82 Å². The summed E-state index contributed by atoms with van der Waals surface area (Å²) in [6, 6.07) is 1.57. The number of hydrogen-bond acceptors (Lipinski definition) is 4. The molecule has 1 aliphatic heterocycles. The largest absolute Gasteiger partial charge is 0.711 e. The van der Waals surface area contributed by atoms with E-state index in [4.69, 9.17) is 0 Å². The zero-order valence-electron chi connectivity index (χ0n) is 16.3. The van der Waals surface area contributed by atoms with Crippen molar-refractivity contribution in [1.29, 1.82) is 0 Å². The first-order chi connectivity index (χ1) is 13.4. The van der Waals surface area contributed by atoms with Crippen LogP contribution in [0, 0.1) is 16.9 Å². The normalized spacial score (nSPS) is 17.2. The summed E-state index contributed by atoms with van der Waals surface area (Å²) in [6.45, 7) is 2.77. The Bertz CT molecular complexity index is 715. The van der Waals surface area contributed by atoms with Crippen molar-refractivity contribution in [2.24, 2.45) is 5.92 Å². The first kappa shape index (κ1) is 21.6. The highest BCUT2D eigenvalue weighted by Crippen LogP contribution is 2.23. The zero-order chi connectivity index (χ0) is 20.7. The van der Waals surface area contributed by atoms with Crippen LogP contribution in [0.4, 0.5) is 10.2 Å².